The molecular formula is C27H28N4O4. The van der Waals surface area contributed by atoms with Gasteiger partial charge in [0.2, 0.25) is 0 Å². The van der Waals surface area contributed by atoms with Gasteiger partial charge in [0.05, 0.1) is 12.0 Å². The van der Waals surface area contributed by atoms with Gasteiger partial charge in [0.15, 0.2) is 5.49 Å². The van der Waals surface area contributed by atoms with Crippen LogP contribution in [0, 0.1) is 13.8 Å². The minimum absolute atomic E-state index is 0.0578. The van der Waals surface area contributed by atoms with Gasteiger partial charge in [0, 0.05) is 18.3 Å². The molecule has 0 fully saturated rings. The lowest BCUT2D eigenvalue weighted by Gasteiger charge is -2.15. The van der Waals surface area contributed by atoms with E-state index in [-0.39, 0.29) is 28.6 Å². The molecule has 0 radical (unpaired) electrons. The maximum atomic E-state index is 13.3. The van der Waals surface area contributed by atoms with Crippen LogP contribution in [0.5, 0.6) is 0 Å². The number of amides is 1. The summed E-state index contributed by atoms with van der Waals surface area (Å²) in [6.07, 6.45) is 3.23. The lowest BCUT2D eigenvalue weighted by atomic mass is 10.1. The molecule has 0 atom stereocenters. The monoisotopic (exact) mass is 472 g/mol. The van der Waals surface area contributed by atoms with Gasteiger partial charge in [-0.3, -0.25) is 14.0 Å². The molecule has 1 amide bonds. The van der Waals surface area contributed by atoms with Crippen LogP contribution in [0.25, 0.3) is 16.7 Å². The highest BCUT2D eigenvalue weighted by Crippen LogP contribution is 2.14. The minimum atomic E-state index is -0.649. The number of fused-ring (bicyclic) bond motifs is 2. The first-order valence-electron chi connectivity index (χ1n) is 11.7. The molecule has 0 aliphatic rings. The first-order valence-corrected chi connectivity index (χ1v) is 11.7. The van der Waals surface area contributed by atoms with Gasteiger partial charge in [0.25, 0.3) is 11.5 Å². The molecule has 0 N–H and O–H groups in total. The lowest BCUT2D eigenvalue weighted by Crippen LogP contribution is -2.33. The normalized spacial score (nSPS) is 11.8. The number of hydrogen-bond acceptors (Lipinski definition) is 5. The number of esters is 1. The van der Waals surface area contributed by atoms with E-state index in [1.165, 1.54) is 10.5 Å². The summed E-state index contributed by atoms with van der Waals surface area (Å²) in [6.45, 7) is 8.20. The van der Waals surface area contributed by atoms with Crippen LogP contribution in [0.1, 0.15) is 58.5 Å². The number of nitrogens with zero attached hydrogens (tertiary/aromatic N) is 4. The summed E-state index contributed by atoms with van der Waals surface area (Å²) in [5, 5.41) is 0.255. The van der Waals surface area contributed by atoms with Crippen molar-refractivity contribution in [2.75, 3.05) is 6.61 Å². The fraction of sp³-hybridized carbons (Fsp3) is 0.296. The van der Waals surface area contributed by atoms with E-state index in [4.69, 9.17) is 9.72 Å². The third-order valence-corrected chi connectivity index (χ3v) is 5.98. The Bertz CT molecular complexity index is 1580. The topological polar surface area (TPSA) is 95.0 Å². The molecule has 8 nitrogen and oxygen atoms in total. The van der Waals surface area contributed by atoms with Crippen molar-refractivity contribution in [1.29, 1.82) is 0 Å². The van der Waals surface area contributed by atoms with E-state index in [0.717, 1.165) is 24.0 Å². The Morgan fingerprint density at radius 3 is 2.57 bits per heavy atom. The minimum Gasteiger partial charge on any atom is -0.462 e. The molecule has 0 spiro atoms. The second-order valence-corrected chi connectivity index (χ2v) is 8.41. The van der Waals surface area contributed by atoms with Crippen molar-refractivity contribution in [3.63, 3.8) is 0 Å². The average Bonchev–Trinajstić information content (AvgIpc) is 2.85. The second kappa shape index (κ2) is 10.0. The Hall–Kier alpha value is -4.07. The predicted molar refractivity (Wildman–Crippen MR) is 134 cm³/mol. The number of carbonyl (C=O) groups is 2. The van der Waals surface area contributed by atoms with E-state index in [2.05, 4.69) is 4.99 Å². The summed E-state index contributed by atoms with van der Waals surface area (Å²) in [5.74, 6) is -1.13. The molecule has 35 heavy (non-hydrogen) atoms. The van der Waals surface area contributed by atoms with E-state index in [1.54, 1.807) is 48.0 Å². The molecule has 3 heterocycles. The highest BCUT2D eigenvalue weighted by Gasteiger charge is 2.20. The highest BCUT2D eigenvalue weighted by atomic mass is 16.5. The van der Waals surface area contributed by atoms with Gasteiger partial charge in [0.1, 0.15) is 16.9 Å². The molecule has 0 saturated carbocycles. The molecule has 0 unspecified atom stereocenters. The lowest BCUT2D eigenvalue weighted by molar-refractivity contribution is 0.0523. The molecule has 4 rings (SSSR count). The zero-order valence-corrected chi connectivity index (χ0v) is 20.4. The van der Waals surface area contributed by atoms with Gasteiger partial charge in [-0.25, -0.2) is 9.78 Å². The number of aromatic nitrogens is 3. The number of ether oxygens (including phenoxy) is 1. The van der Waals surface area contributed by atoms with Gasteiger partial charge in [-0.05, 0) is 68.7 Å². The summed E-state index contributed by atoms with van der Waals surface area (Å²) in [5.41, 5.74) is 3.16. The SMILES string of the molecule is CCCCn1c(=NC(=O)c2ccc(C)c(C)c2)c(C(=O)OCC)cc2c(=O)n3ccccc3nc21. The zero-order chi connectivity index (χ0) is 25.1. The van der Waals surface area contributed by atoms with E-state index < -0.39 is 11.9 Å². The number of hydrogen-bond donors (Lipinski definition) is 0. The van der Waals surface area contributed by atoms with Crippen molar-refractivity contribution < 1.29 is 14.3 Å². The smallest absolute Gasteiger partial charge is 0.341 e. The van der Waals surface area contributed by atoms with E-state index in [1.807, 2.05) is 26.8 Å². The van der Waals surface area contributed by atoms with Crippen LogP contribution < -0.4 is 11.0 Å². The maximum Gasteiger partial charge on any atom is 0.341 e. The van der Waals surface area contributed by atoms with Crippen LogP contribution in [0.3, 0.4) is 0 Å². The Kier molecular flexibility index (Phi) is 6.91. The fourth-order valence-corrected chi connectivity index (χ4v) is 3.92. The van der Waals surface area contributed by atoms with Crippen LogP contribution in [0.2, 0.25) is 0 Å². The van der Waals surface area contributed by atoms with Crippen molar-refractivity contribution in [3.05, 3.63) is 86.8 Å². The highest BCUT2D eigenvalue weighted by molar-refractivity contribution is 5.97. The van der Waals surface area contributed by atoms with Gasteiger partial charge >= 0.3 is 5.97 Å². The standard InChI is InChI=1S/C27H28N4O4/c1-5-7-13-31-23-20(26(33)30-14-9-8-10-22(30)28-23)16-21(27(34)35-6-2)24(31)29-25(32)19-12-11-17(3)18(4)15-19/h8-12,14-16H,5-7,13H2,1-4H3. The van der Waals surface area contributed by atoms with Gasteiger partial charge < -0.3 is 9.30 Å². The van der Waals surface area contributed by atoms with Gasteiger partial charge in [-0.1, -0.05) is 25.5 Å². The van der Waals surface area contributed by atoms with Crippen molar-refractivity contribution >= 4 is 28.6 Å². The van der Waals surface area contributed by atoms with Crippen LogP contribution in [0.15, 0.2) is 58.4 Å². The molecule has 4 aromatic rings. The van der Waals surface area contributed by atoms with E-state index in [0.29, 0.717) is 23.4 Å². The Labute approximate surface area is 202 Å². The second-order valence-electron chi connectivity index (χ2n) is 8.41. The van der Waals surface area contributed by atoms with Crippen LogP contribution >= 0.6 is 0 Å². The maximum absolute atomic E-state index is 13.3. The Morgan fingerprint density at radius 2 is 1.86 bits per heavy atom. The summed E-state index contributed by atoms with van der Waals surface area (Å²) >= 11 is 0. The van der Waals surface area contributed by atoms with Crippen LogP contribution in [-0.2, 0) is 11.3 Å². The van der Waals surface area contributed by atoms with Crippen LogP contribution in [-0.4, -0.2) is 32.4 Å². The number of aryl methyl sites for hydroxylation is 3. The summed E-state index contributed by atoms with van der Waals surface area (Å²) in [7, 11) is 0. The third-order valence-electron chi connectivity index (χ3n) is 5.98. The molecule has 0 aliphatic carbocycles. The average molecular weight is 473 g/mol. The van der Waals surface area contributed by atoms with E-state index >= 15 is 0 Å². The molecule has 8 heteroatoms. The molecule has 0 aliphatic heterocycles. The van der Waals surface area contributed by atoms with E-state index in [9.17, 15) is 14.4 Å². The molecular weight excluding hydrogens is 444 g/mol. The fourth-order valence-electron chi connectivity index (χ4n) is 3.92. The molecule has 0 saturated heterocycles. The molecule has 180 valence electrons. The largest absolute Gasteiger partial charge is 0.462 e. The first kappa shape index (κ1) is 24.1. The quantitative estimate of drug-likeness (QED) is 0.312. The zero-order valence-electron chi connectivity index (χ0n) is 20.4. The number of unbranched alkanes of at least 4 members (excludes halogenated alkanes) is 1. The van der Waals surface area contributed by atoms with Crippen molar-refractivity contribution in [3.8, 4) is 0 Å². The van der Waals surface area contributed by atoms with Crippen LogP contribution in [0.4, 0.5) is 0 Å². The van der Waals surface area contributed by atoms with Crippen molar-refractivity contribution in [2.45, 2.75) is 47.1 Å². The van der Waals surface area contributed by atoms with Gasteiger partial charge in [-0.2, -0.15) is 4.99 Å². The summed E-state index contributed by atoms with van der Waals surface area (Å²) in [6, 6.07) is 12.1. The summed E-state index contributed by atoms with van der Waals surface area (Å²) in [4.78, 5) is 48.7. The number of carbonyl (C=O) groups excluding carboxylic acids is 2. The summed E-state index contributed by atoms with van der Waals surface area (Å²) < 4.78 is 8.40. The van der Waals surface area contributed by atoms with Crippen molar-refractivity contribution in [2.24, 2.45) is 4.99 Å². The Morgan fingerprint density at radius 1 is 1.06 bits per heavy atom. The third kappa shape index (κ3) is 4.64. The molecule has 1 aromatic carbocycles. The van der Waals surface area contributed by atoms with Gasteiger partial charge in [-0.15, -0.1) is 0 Å². The first-order chi connectivity index (χ1) is 16.8. The number of rotatable bonds is 6. The van der Waals surface area contributed by atoms with Crippen molar-refractivity contribution in [1.82, 2.24) is 14.0 Å². The number of pyridine rings is 2. The predicted octanol–water partition coefficient (Wildman–Crippen LogP) is 3.98. The molecule has 3 aromatic heterocycles. The number of benzene rings is 1. The Balaban J connectivity index is 2.10. The molecule has 0 bridgehead atoms.